The van der Waals surface area contributed by atoms with Crippen molar-refractivity contribution in [2.75, 3.05) is 11.9 Å². The van der Waals surface area contributed by atoms with Gasteiger partial charge >= 0.3 is 5.97 Å². The summed E-state index contributed by atoms with van der Waals surface area (Å²) in [5.41, 5.74) is 1.76. The van der Waals surface area contributed by atoms with Gasteiger partial charge in [-0.05, 0) is 49.3 Å². The first kappa shape index (κ1) is 19.4. The van der Waals surface area contributed by atoms with Crippen molar-refractivity contribution in [3.8, 4) is 0 Å². The number of hydrogen-bond acceptors (Lipinski definition) is 5. The third kappa shape index (κ3) is 3.34. The third-order valence-corrected chi connectivity index (χ3v) is 6.22. The fourth-order valence-corrected chi connectivity index (χ4v) is 4.69. The molecule has 3 aliphatic rings. The van der Waals surface area contributed by atoms with Gasteiger partial charge in [0.1, 0.15) is 6.04 Å². The second kappa shape index (κ2) is 7.46. The van der Waals surface area contributed by atoms with Crippen LogP contribution in [-0.2, 0) is 30.3 Å². The number of hydrogen-bond donors (Lipinski definition) is 1. The molecule has 5 atom stereocenters. The number of aryl methyl sites for hydroxylation is 1. The molecule has 1 saturated heterocycles. The maximum Gasteiger partial charge on any atom is 0.329 e. The number of carbonyl (C=O) groups excluding carboxylic acids is 4. The normalized spacial score (nSPS) is 27.9. The molecule has 0 spiro atoms. The van der Waals surface area contributed by atoms with Crippen LogP contribution in [0.5, 0.6) is 0 Å². The molecule has 4 rings (SSSR count). The predicted octanol–water partition coefficient (Wildman–Crippen LogP) is 1.93. The van der Waals surface area contributed by atoms with Gasteiger partial charge in [-0.2, -0.15) is 0 Å². The number of allylic oxidation sites excluding steroid dienone is 2. The summed E-state index contributed by atoms with van der Waals surface area (Å²) in [6.07, 6.45) is 5.73. The maximum absolute atomic E-state index is 12.7. The Kier molecular flexibility index (Phi) is 4.98. The summed E-state index contributed by atoms with van der Waals surface area (Å²) >= 11 is 0. The lowest BCUT2D eigenvalue weighted by atomic mass is 9.85. The summed E-state index contributed by atoms with van der Waals surface area (Å²) in [5, 5.41) is 2.65. The number of anilines is 1. The lowest BCUT2D eigenvalue weighted by molar-refractivity contribution is -0.159. The summed E-state index contributed by atoms with van der Waals surface area (Å²) in [4.78, 5) is 51.0. The van der Waals surface area contributed by atoms with Gasteiger partial charge in [0, 0.05) is 5.69 Å². The molecule has 7 heteroatoms. The van der Waals surface area contributed by atoms with Crippen molar-refractivity contribution in [1.29, 1.82) is 0 Å². The van der Waals surface area contributed by atoms with Crippen molar-refractivity contribution in [3.63, 3.8) is 0 Å². The highest BCUT2D eigenvalue weighted by atomic mass is 16.5. The predicted molar refractivity (Wildman–Crippen MR) is 104 cm³/mol. The minimum atomic E-state index is -1.04. The molecule has 1 aromatic carbocycles. The van der Waals surface area contributed by atoms with Crippen LogP contribution >= 0.6 is 0 Å². The van der Waals surface area contributed by atoms with E-state index in [4.69, 9.17) is 4.74 Å². The second-order valence-electron chi connectivity index (χ2n) is 7.93. The molecule has 1 saturated carbocycles. The van der Waals surface area contributed by atoms with Crippen molar-refractivity contribution >= 4 is 29.4 Å². The van der Waals surface area contributed by atoms with E-state index in [1.165, 1.54) is 6.92 Å². The van der Waals surface area contributed by atoms with Crippen molar-refractivity contribution < 1.29 is 23.9 Å². The van der Waals surface area contributed by atoms with Crippen molar-refractivity contribution in [1.82, 2.24) is 4.90 Å². The van der Waals surface area contributed by atoms with Crippen LogP contribution in [0.15, 0.2) is 36.4 Å². The van der Waals surface area contributed by atoms with Crippen LogP contribution < -0.4 is 5.32 Å². The Balaban J connectivity index is 1.32. The van der Waals surface area contributed by atoms with E-state index in [-0.39, 0.29) is 35.5 Å². The maximum atomic E-state index is 12.7. The molecule has 2 fully saturated rings. The van der Waals surface area contributed by atoms with E-state index in [2.05, 4.69) is 5.32 Å². The molecule has 152 valence electrons. The van der Waals surface area contributed by atoms with Crippen molar-refractivity contribution in [3.05, 3.63) is 42.0 Å². The molecule has 0 unspecified atom stereocenters. The van der Waals surface area contributed by atoms with Gasteiger partial charge in [-0.1, -0.05) is 31.2 Å². The van der Waals surface area contributed by atoms with Crippen LogP contribution in [-0.4, -0.2) is 41.2 Å². The standard InChI is InChI=1S/C22H24N2O5/c1-3-13-4-8-16(9-5-13)23-17(25)11-29-22(28)12(2)24-20(26)18-14-6-7-15(10-14)19(18)21(24)27/h4-9,12,14-15,18-19H,3,10-11H2,1-2H3,(H,23,25)/t12-,14-,15-,18-,19-/m0/s1. The van der Waals surface area contributed by atoms with E-state index in [1.54, 1.807) is 12.1 Å². The van der Waals surface area contributed by atoms with E-state index in [1.807, 2.05) is 31.2 Å². The monoisotopic (exact) mass is 396 g/mol. The summed E-state index contributed by atoms with van der Waals surface area (Å²) in [7, 11) is 0. The zero-order valence-electron chi connectivity index (χ0n) is 16.5. The molecule has 1 aromatic rings. The van der Waals surface area contributed by atoms with Gasteiger partial charge in [-0.25, -0.2) is 4.79 Å². The number of esters is 1. The minimum Gasteiger partial charge on any atom is -0.454 e. The smallest absolute Gasteiger partial charge is 0.329 e. The topological polar surface area (TPSA) is 92.8 Å². The molecule has 1 N–H and O–H groups in total. The molecule has 1 aliphatic heterocycles. The molecule has 2 bridgehead atoms. The minimum absolute atomic E-state index is 0.0829. The lowest BCUT2D eigenvalue weighted by Crippen LogP contribution is -2.45. The Labute approximate surface area is 169 Å². The molecule has 0 radical (unpaired) electrons. The van der Waals surface area contributed by atoms with Crippen LogP contribution in [0.25, 0.3) is 0 Å². The first-order chi connectivity index (χ1) is 13.9. The van der Waals surface area contributed by atoms with Gasteiger partial charge in [0.15, 0.2) is 6.61 Å². The second-order valence-corrected chi connectivity index (χ2v) is 7.93. The van der Waals surface area contributed by atoms with E-state index < -0.39 is 24.5 Å². The Bertz CT molecular complexity index is 861. The highest BCUT2D eigenvalue weighted by Gasteiger charge is 2.60. The van der Waals surface area contributed by atoms with E-state index in [0.717, 1.165) is 23.3 Å². The largest absolute Gasteiger partial charge is 0.454 e. The summed E-state index contributed by atoms with van der Waals surface area (Å²) in [5.74, 6) is -2.40. The van der Waals surface area contributed by atoms with Gasteiger partial charge in [0.05, 0.1) is 11.8 Å². The third-order valence-electron chi connectivity index (χ3n) is 6.22. The number of amides is 3. The Hall–Kier alpha value is -2.96. The Morgan fingerprint density at radius 3 is 2.24 bits per heavy atom. The number of nitrogens with zero attached hydrogens (tertiary/aromatic N) is 1. The number of fused-ring (bicyclic) bond motifs is 5. The number of ether oxygens (including phenoxy) is 1. The number of nitrogens with one attached hydrogen (secondary N) is 1. The first-order valence-corrected chi connectivity index (χ1v) is 10.0. The average molecular weight is 396 g/mol. The summed E-state index contributed by atoms with van der Waals surface area (Å²) in [6, 6.07) is 6.34. The zero-order chi connectivity index (χ0) is 20.7. The van der Waals surface area contributed by atoms with Gasteiger partial charge in [0.25, 0.3) is 5.91 Å². The Morgan fingerprint density at radius 1 is 1.10 bits per heavy atom. The van der Waals surface area contributed by atoms with Crippen molar-refractivity contribution in [2.45, 2.75) is 32.7 Å². The number of carbonyl (C=O) groups is 4. The van der Waals surface area contributed by atoms with Crippen LogP contribution in [0.3, 0.4) is 0 Å². The Morgan fingerprint density at radius 2 is 1.69 bits per heavy atom. The van der Waals surface area contributed by atoms with Gasteiger partial charge in [-0.3, -0.25) is 19.3 Å². The first-order valence-electron chi connectivity index (χ1n) is 10.0. The number of benzene rings is 1. The molecule has 7 nitrogen and oxygen atoms in total. The van der Waals surface area contributed by atoms with E-state index >= 15 is 0 Å². The van der Waals surface area contributed by atoms with Crippen LogP contribution in [0.2, 0.25) is 0 Å². The lowest BCUT2D eigenvalue weighted by Gasteiger charge is -2.23. The molecule has 1 heterocycles. The molecular formula is C22H24N2O5. The molecule has 2 aliphatic carbocycles. The van der Waals surface area contributed by atoms with Gasteiger partial charge < -0.3 is 10.1 Å². The molecule has 3 amide bonds. The molecule has 29 heavy (non-hydrogen) atoms. The molecular weight excluding hydrogens is 372 g/mol. The fraction of sp³-hybridized carbons (Fsp3) is 0.455. The summed E-state index contributed by atoms with van der Waals surface area (Å²) in [6.45, 7) is 3.03. The molecule has 0 aromatic heterocycles. The van der Waals surface area contributed by atoms with E-state index in [0.29, 0.717) is 5.69 Å². The van der Waals surface area contributed by atoms with Crippen LogP contribution in [0.4, 0.5) is 5.69 Å². The van der Waals surface area contributed by atoms with Gasteiger partial charge in [0.2, 0.25) is 11.8 Å². The fourth-order valence-electron chi connectivity index (χ4n) is 4.69. The quantitative estimate of drug-likeness (QED) is 0.451. The highest BCUT2D eigenvalue weighted by molar-refractivity contribution is 6.09. The highest BCUT2D eigenvalue weighted by Crippen LogP contribution is 2.52. The number of imide groups is 1. The zero-order valence-corrected chi connectivity index (χ0v) is 16.5. The van der Waals surface area contributed by atoms with Crippen molar-refractivity contribution in [2.24, 2.45) is 23.7 Å². The van der Waals surface area contributed by atoms with Crippen LogP contribution in [0, 0.1) is 23.7 Å². The van der Waals surface area contributed by atoms with E-state index in [9.17, 15) is 19.2 Å². The number of rotatable bonds is 6. The summed E-state index contributed by atoms with van der Waals surface area (Å²) < 4.78 is 5.07. The SMILES string of the molecule is CCc1ccc(NC(=O)COC(=O)[C@H](C)N2C(=O)[C@@H]3[C@@H](C2=O)[C@H]2C=C[C@H]3C2)cc1. The number of likely N-dealkylation sites (tertiary alicyclic amines) is 1. The average Bonchev–Trinajstić information content (AvgIpc) is 3.40. The van der Waals surface area contributed by atoms with Gasteiger partial charge in [-0.15, -0.1) is 0 Å². The van der Waals surface area contributed by atoms with Crippen LogP contribution in [0.1, 0.15) is 25.8 Å².